The van der Waals surface area contributed by atoms with Gasteiger partial charge in [0.25, 0.3) is 5.97 Å². The molecule has 0 aliphatic rings. The van der Waals surface area contributed by atoms with E-state index in [1.54, 1.807) is 20.8 Å². The third kappa shape index (κ3) is 4.53. The second-order valence-electron chi connectivity index (χ2n) is 5.32. The molecular formula is C15H21F5O3Si. The monoisotopic (exact) mass is 372 g/mol. The van der Waals surface area contributed by atoms with Crippen molar-refractivity contribution in [1.82, 2.24) is 0 Å². The second kappa shape index (κ2) is 8.89. The van der Waals surface area contributed by atoms with Crippen LogP contribution in [0.3, 0.4) is 0 Å². The normalized spacial score (nSPS) is 13.5. The molecule has 0 radical (unpaired) electrons. The maximum Gasteiger partial charge on any atom is 0.272 e. The van der Waals surface area contributed by atoms with Crippen molar-refractivity contribution in [3.8, 4) is 0 Å². The first kappa shape index (κ1) is 21.0. The van der Waals surface area contributed by atoms with Crippen LogP contribution in [-0.4, -0.2) is 29.7 Å². The fourth-order valence-electron chi connectivity index (χ4n) is 2.48. The van der Waals surface area contributed by atoms with Gasteiger partial charge in [-0.25, -0.2) is 22.0 Å². The zero-order valence-electron chi connectivity index (χ0n) is 14.0. The molecule has 1 aromatic carbocycles. The lowest BCUT2D eigenvalue weighted by Crippen LogP contribution is -2.40. The van der Waals surface area contributed by atoms with Gasteiger partial charge in [0.05, 0.1) is 0 Å². The molecule has 0 aromatic heterocycles. The van der Waals surface area contributed by atoms with E-state index in [4.69, 9.17) is 13.9 Å². The van der Waals surface area contributed by atoms with Crippen LogP contribution in [0.25, 0.3) is 0 Å². The van der Waals surface area contributed by atoms with Gasteiger partial charge in [0.15, 0.2) is 33.8 Å². The van der Waals surface area contributed by atoms with E-state index in [1.807, 2.05) is 0 Å². The van der Waals surface area contributed by atoms with Crippen LogP contribution in [0.4, 0.5) is 22.0 Å². The van der Waals surface area contributed by atoms with Crippen molar-refractivity contribution in [2.24, 2.45) is 5.92 Å². The lowest BCUT2D eigenvalue weighted by molar-refractivity contribution is -0.347. The Morgan fingerprint density at radius 1 is 0.875 bits per heavy atom. The summed E-state index contributed by atoms with van der Waals surface area (Å²) in [6.07, 6.45) is -0.295. The minimum Gasteiger partial charge on any atom is -0.380 e. The highest BCUT2D eigenvalue weighted by Gasteiger charge is 2.34. The molecule has 0 amide bonds. The van der Waals surface area contributed by atoms with Gasteiger partial charge in [0, 0.05) is 25.2 Å². The van der Waals surface area contributed by atoms with Crippen LogP contribution in [-0.2, 0) is 20.3 Å². The van der Waals surface area contributed by atoms with Crippen molar-refractivity contribution in [3.63, 3.8) is 0 Å². The third-order valence-electron chi connectivity index (χ3n) is 3.49. The van der Waals surface area contributed by atoms with Crippen LogP contribution >= 0.6 is 0 Å². The van der Waals surface area contributed by atoms with Gasteiger partial charge < -0.3 is 13.9 Å². The maximum absolute atomic E-state index is 13.8. The largest absolute Gasteiger partial charge is 0.380 e. The standard InChI is InChI=1S/C15H21F5O3Si/c1-4-21-15(23-24,22-5-2)7-8(3)6-9-10(16)12(18)14(20)13(19)11(9)17/h8H,4-7H2,1-3,24H3. The molecule has 1 rings (SSSR count). The first-order chi connectivity index (χ1) is 11.2. The maximum atomic E-state index is 13.8. The summed E-state index contributed by atoms with van der Waals surface area (Å²) >= 11 is 0. The van der Waals surface area contributed by atoms with Gasteiger partial charge in [-0.3, -0.25) is 0 Å². The van der Waals surface area contributed by atoms with Crippen molar-refractivity contribution < 1.29 is 35.9 Å². The Morgan fingerprint density at radius 2 is 1.29 bits per heavy atom. The van der Waals surface area contributed by atoms with E-state index in [-0.39, 0.29) is 36.5 Å². The van der Waals surface area contributed by atoms with Crippen LogP contribution in [0.2, 0.25) is 0 Å². The second-order valence-corrected chi connectivity index (χ2v) is 5.72. The highest BCUT2D eigenvalue weighted by atomic mass is 28.2. The smallest absolute Gasteiger partial charge is 0.272 e. The predicted molar refractivity (Wildman–Crippen MR) is 80.7 cm³/mol. The zero-order chi connectivity index (χ0) is 18.5. The van der Waals surface area contributed by atoms with E-state index in [0.29, 0.717) is 0 Å². The van der Waals surface area contributed by atoms with Crippen LogP contribution in [0.5, 0.6) is 0 Å². The van der Waals surface area contributed by atoms with Gasteiger partial charge in [-0.2, -0.15) is 0 Å². The topological polar surface area (TPSA) is 27.7 Å². The molecule has 24 heavy (non-hydrogen) atoms. The lowest BCUT2D eigenvalue weighted by Gasteiger charge is -2.34. The summed E-state index contributed by atoms with van der Waals surface area (Å²) in [6, 6.07) is 0. The predicted octanol–water partition coefficient (Wildman–Crippen LogP) is 2.97. The Morgan fingerprint density at radius 3 is 1.67 bits per heavy atom. The van der Waals surface area contributed by atoms with E-state index in [0.717, 1.165) is 0 Å². The molecule has 0 saturated heterocycles. The third-order valence-corrected chi connectivity index (χ3v) is 4.11. The van der Waals surface area contributed by atoms with E-state index < -0.39 is 46.5 Å². The van der Waals surface area contributed by atoms with Gasteiger partial charge in [-0.15, -0.1) is 0 Å². The molecule has 0 N–H and O–H groups in total. The molecule has 0 spiro atoms. The van der Waals surface area contributed by atoms with Crippen LogP contribution < -0.4 is 0 Å². The molecule has 138 valence electrons. The van der Waals surface area contributed by atoms with Crippen LogP contribution in [0.1, 0.15) is 32.8 Å². The molecular weight excluding hydrogens is 351 g/mol. The average molecular weight is 372 g/mol. The minimum atomic E-state index is -2.16. The number of halogens is 5. The molecule has 0 heterocycles. The first-order valence-corrected chi connectivity index (χ1v) is 8.37. The summed E-state index contributed by atoms with van der Waals surface area (Å²) in [5.41, 5.74) is -0.853. The fourth-order valence-corrected chi connectivity index (χ4v) is 2.88. The summed E-state index contributed by atoms with van der Waals surface area (Å²) in [6.45, 7) is 5.59. The quantitative estimate of drug-likeness (QED) is 0.219. The number of ether oxygens (including phenoxy) is 2. The lowest BCUT2D eigenvalue weighted by atomic mass is 9.95. The highest BCUT2D eigenvalue weighted by molar-refractivity contribution is 5.98. The molecule has 3 nitrogen and oxygen atoms in total. The molecule has 0 fully saturated rings. The van der Waals surface area contributed by atoms with E-state index >= 15 is 0 Å². The summed E-state index contributed by atoms with van der Waals surface area (Å²) in [4.78, 5) is 0. The van der Waals surface area contributed by atoms with Crippen molar-refractivity contribution in [3.05, 3.63) is 34.6 Å². The molecule has 1 atom stereocenters. The van der Waals surface area contributed by atoms with E-state index in [2.05, 4.69) is 0 Å². The Hall–Kier alpha value is -1.03. The van der Waals surface area contributed by atoms with E-state index in [9.17, 15) is 22.0 Å². The van der Waals surface area contributed by atoms with Crippen molar-refractivity contribution in [1.29, 1.82) is 0 Å². The number of hydrogen-bond donors (Lipinski definition) is 0. The molecule has 0 saturated carbocycles. The Labute approximate surface area is 140 Å². The van der Waals surface area contributed by atoms with Gasteiger partial charge in [-0.05, 0) is 26.2 Å². The molecule has 0 aliphatic carbocycles. The highest BCUT2D eigenvalue weighted by Crippen LogP contribution is 2.30. The van der Waals surface area contributed by atoms with Gasteiger partial charge in [0.1, 0.15) is 0 Å². The number of benzene rings is 1. The van der Waals surface area contributed by atoms with Crippen molar-refractivity contribution in [2.75, 3.05) is 13.2 Å². The molecule has 1 unspecified atom stereocenters. The Bertz CT molecular complexity index is 536. The molecule has 0 bridgehead atoms. The average Bonchev–Trinajstić information content (AvgIpc) is 2.55. The molecule has 0 aliphatic heterocycles. The molecule has 9 heteroatoms. The first-order valence-electron chi connectivity index (χ1n) is 7.56. The molecule has 1 aromatic rings. The van der Waals surface area contributed by atoms with Crippen molar-refractivity contribution >= 4 is 10.5 Å². The summed E-state index contributed by atoms with van der Waals surface area (Å²) in [5.74, 6) is -11.6. The van der Waals surface area contributed by atoms with Crippen LogP contribution in [0, 0.1) is 35.0 Å². The fraction of sp³-hybridized carbons (Fsp3) is 0.600. The number of hydrogen-bond acceptors (Lipinski definition) is 3. The number of rotatable bonds is 9. The SMILES string of the molecule is CCOC(CC(C)Cc1c(F)c(F)c(F)c(F)c1F)(O[SiH3])OCC. The van der Waals surface area contributed by atoms with Gasteiger partial charge in [0.2, 0.25) is 5.82 Å². The summed E-state index contributed by atoms with van der Waals surface area (Å²) in [7, 11) is 0.278. The zero-order valence-corrected chi connectivity index (χ0v) is 16.0. The van der Waals surface area contributed by atoms with Gasteiger partial charge in [-0.1, -0.05) is 6.92 Å². The Balaban J connectivity index is 3.05. The Kier molecular flexibility index (Phi) is 7.78. The van der Waals surface area contributed by atoms with Crippen molar-refractivity contribution in [2.45, 2.75) is 39.6 Å². The van der Waals surface area contributed by atoms with Crippen LogP contribution in [0.15, 0.2) is 0 Å². The van der Waals surface area contributed by atoms with Gasteiger partial charge >= 0.3 is 0 Å². The minimum absolute atomic E-state index is 0.0810. The summed E-state index contributed by atoms with van der Waals surface area (Å²) in [5, 5.41) is 0. The van der Waals surface area contributed by atoms with E-state index in [1.165, 1.54) is 0 Å². The summed E-state index contributed by atoms with van der Waals surface area (Å²) < 4.78 is 83.4.